The van der Waals surface area contributed by atoms with Crippen LogP contribution in [0.4, 0.5) is 0 Å². The lowest BCUT2D eigenvalue weighted by atomic mass is 10.00. The van der Waals surface area contributed by atoms with Crippen LogP contribution in [0.3, 0.4) is 0 Å². The SMILES string of the molecule is CC(C[Si]OC(C)(C)C)C(=O)O[Si](C1CCCCC1)(C(C)(C)C)C(C)(C)C. The van der Waals surface area contributed by atoms with Crippen molar-refractivity contribution in [2.24, 2.45) is 5.92 Å². The maximum Gasteiger partial charge on any atom is 0.295 e. The van der Waals surface area contributed by atoms with Gasteiger partial charge in [0, 0.05) is 5.60 Å². The van der Waals surface area contributed by atoms with E-state index in [9.17, 15) is 4.79 Å². The summed E-state index contributed by atoms with van der Waals surface area (Å²) >= 11 is 0. The first kappa shape index (κ1) is 24.9. The smallest absolute Gasteiger partial charge is 0.295 e. The van der Waals surface area contributed by atoms with Crippen molar-refractivity contribution in [3.05, 3.63) is 0 Å². The van der Waals surface area contributed by atoms with E-state index in [0.717, 1.165) is 6.04 Å². The van der Waals surface area contributed by atoms with Crippen molar-refractivity contribution in [1.29, 1.82) is 0 Å². The van der Waals surface area contributed by atoms with Gasteiger partial charge in [-0.2, -0.15) is 0 Å². The Morgan fingerprint density at radius 1 is 0.963 bits per heavy atom. The molecule has 1 unspecified atom stereocenters. The summed E-state index contributed by atoms with van der Waals surface area (Å²) in [6.07, 6.45) is 6.32. The van der Waals surface area contributed by atoms with Gasteiger partial charge in [0.2, 0.25) is 9.76 Å². The zero-order valence-electron chi connectivity index (χ0n) is 19.6. The van der Waals surface area contributed by atoms with Crippen LogP contribution in [0.2, 0.25) is 21.7 Å². The summed E-state index contributed by atoms with van der Waals surface area (Å²) in [6, 6.07) is 0.750. The van der Waals surface area contributed by atoms with Crippen molar-refractivity contribution < 1.29 is 13.6 Å². The van der Waals surface area contributed by atoms with Crippen molar-refractivity contribution in [1.82, 2.24) is 0 Å². The minimum absolute atomic E-state index is 0.00194. The third kappa shape index (κ3) is 6.43. The molecule has 1 aliphatic rings. The second-order valence-electron chi connectivity index (χ2n) is 11.5. The van der Waals surface area contributed by atoms with Gasteiger partial charge in [-0.1, -0.05) is 67.7 Å². The van der Waals surface area contributed by atoms with Crippen LogP contribution in [0.25, 0.3) is 0 Å². The number of carbonyl (C=O) groups excluding carboxylic acids is 1. The van der Waals surface area contributed by atoms with Gasteiger partial charge >= 0.3 is 0 Å². The van der Waals surface area contributed by atoms with Crippen LogP contribution in [0.15, 0.2) is 0 Å². The summed E-state index contributed by atoms with van der Waals surface area (Å²) in [5.41, 5.74) is 0.412. The highest BCUT2D eigenvalue weighted by molar-refractivity contribution is 6.82. The lowest BCUT2D eigenvalue weighted by Crippen LogP contribution is -2.60. The predicted octanol–water partition coefficient (Wildman–Crippen LogP) is 6.90. The second-order valence-corrected chi connectivity index (χ2v) is 17.8. The van der Waals surface area contributed by atoms with E-state index >= 15 is 0 Å². The molecule has 1 saturated carbocycles. The Morgan fingerprint density at radius 3 is 1.85 bits per heavy atom. The molecule has 0 N–H and O–H groups in total. The van der Waals surface area contributed by atoms with Crippen molar-refractivity contribution in [2.75, 3.05) is 0 Å². The molecular weight excluding hydrogens is 368 g/mol. The van der Waals surface area contributed by atoms with Crippen molar-refractivity contribution >= 4 is 24.0 Å². The first-order valence-corrected chi connectivity index (χ1v) is 13.9. The summed E-state index contributed by atoms with van der Waals surface area (Å²) in [4.78, 5) is 13.2. The Morgan fingerprint density at radius 2 is 1.44 bits per heavy atom. The van der Waals surface area contributed by atoms with Gasteiger partial charge in [-0.15, -0.1) is 0 Å². The van der Waals surface area contributed by atoms with E-state index in [1.807, 2.05) is 6.92 Å². The monoisotopic (exact) mass is 412 g/mol. The van der Waals surface area contributed by atoms with E-state index in [-0.39, 0.29) is 27.6 Å². The molecule has 1 aliphatic carbocycles. The van der Waals surface area contributed by atoms with Crippen LogP contribution in [-0.2, 0) is 13.6 Å². The first-order chi connectivity index (χ1) is 12.1. The fourth-order valence-electron chi connectivity index (χ4n) is 4.97. The maximum atomic E-state index is 13.2. The minimum atomic E-state index is -2.39. The topological polar surface area (TPSA) is 35.5 Å². The van der Waals surface area contributed by atoms with Crippen molar-refractivity contribution in [3.63, 3.8) is 0 Å². The lowest BCUT2D eigenvalue weighted by molar-refractivity contribution is -0.139. The highest BCUT2D eigenvalue weighted by Gasteiger charge is 2.62. The fraction of sp³-hybridized carbons (Fsp3) is 0.955. The number of rotatable bonds is 6. The second kappa shape index (κ2) is 9.12. The van der Waals surface area contributed by atoms with Gasteiger partial charge in [-0.05, 0) is 55.3 Å². The molecule has 27 heavy (non-hydrogen) atoms. The molecule has 1 rings (SSSR count). The molecule has 2 radical (unpaired) electrons. The van der Waals surface area contributed by atoms with Gasteiger partial charge in [0.1, 0.15) is 0 Å². The molecule has 0 heterocycles. The predicted molar refractivity (Wildman–Crippen MR) is 119 cm³/mol. The molecule has 1 atom stereocenters. The number of hydrogen-bond donors (Lipinski definition) is 0. The Bertz CT molecular complexity index is 463. The fourth-order valence-corrected chi connectivity index (χ4v) is 13.1. The van der Waals surface area contributed by atoms with E-state index in [4.69, 9.17) is 8.85 Å². The summed E-state index contributed by atoms with van der Waals surface area (Å²) in [5.74, 6) is -0.104. The molecule has 0 aromatic rings. The van der Waals surface area contributed by atoms with Crippen LogP contribution in [0, 0.1) is 5.92 Å². The standard InChI is InChI=1S/C22H44O3Si2/c1-17(16-26-25-20(2,3)4)19(23)24-27(21(5,6)7,22(8,9)10)18-14-12-11-13-15-18/h17-18H,11-16H2,1-10H3. The average Bonchev–Trinajstić information content (AvgIpc) is 2.49. The number of carbonyl (C=O) groups is 1. The third-order valence-corrected chi connectivity index (χ3v) is 14.1. The minimum Gasteiger partial charge on any atom is -0.517 e. The van der Waals surface area contributed by atoms with E-state index in [2.05, 4.69) is 62.3 Å². The van der Waals surface area contributed by atoms with Crippen LogP contribution in [0.1, 0.15) is 101 Å². The van der Waals surface area contributed by atoms with E-state index in [1.165, 1.54) is 32.1 Å². The average molecular weight is 413 g/mol. The summed E-state index contributed by atoms with van der Waals surface area (Å²) < 4.78 is 12.6. The van der Waals surface area contributed by atoms with Crippen molar-refractivity contribution in [3.8, 4) is 0 Å². The molecule has 5 heteroatoms. The first-order valence-electron chi connectivity index (χ1n) is 10.8. The van der Waals surface area contributed by atoms with E-state index < -0.39 is 8.32 Å². The Balaban J connectivity index is 3.04. The maximum absolute atomic E-state index is 13.2. The molecule has 0 bridgehead atoms. The molecule has 0 aromatic heterocycles. The summed E-state index contributed by atoms with van der Waals surface area (Å²) in [5, 5.41) is 0.0413. The summed E-state index contributed by atoms with van der Waals surface area (Å²) in [7, 11) is -2.05. The molecule has 0 saturated heterocycles. The van der Waals surface area contributed by atoms with E-state index in [0.29, 0.717) is 15.3 Å². The zero-order valence-corrected chi connectivity index (χ0v) is 21.6. The van der Waals surface area contributed by atoms with Gasteiger partial charge in [-0.3, -0.25) is 4.79 Å². The normalized spacial score (nSPS) is 19.0. The van der Waals surface area contributed by atoms with Crippen LogP contribution >= 0.6 is 0 Å². The molecule has 0 aromatic carbocycles. The zero-order chi connectivity index (χ0) is 21.1. The Hall–Kier alpha value is -0.136. The molecule has 158 valence electrons. The lowest BCUT2D eigenvalue weighted by Gasteiger charge is -2.55. The molecule has 1 fully saturated rings. The van der Waals surface area contributed by atoms with Crippen LogP contribution < -0.4 is 0 Å². The van der Waals surface area contributed by atoms with Crippen LogP contribution in [-0.4, -0.2) is 29.7 Å². The van der Waals surface area contributed by atoms with Gasteiger partial charge in [0.05, 0.1) is 5.92 Å². The molecule has 0 amide bonds. The summed E-state index contributed by atoms with van der Waals surface area (Å²) in [6.45, 7) is 22.0. The van der Waals surface area contributed by atoms with Crippen molar-refractivity contribution in [2.45, 2.75) is 129 Å². The Kier molecular flexibility index (Phi) is 8.41. The largest absolute Gasteiger partial charge is 0.517 e. The molecular formula is C22H44O3Si2. The molecule has 3 nitrogen and oxygen atoms in total. The molecule has 0 spiro atoms. The molecule has 0 aliphatic heterocycles. The van der Waals surface area contributed by atoms with Gasteiger partial charge in [-0.25, -0.2) is 0 Å². The highest BCUT2D eigenvalue weighted by Crippen LogP contribution is 2.60. The Labute approximate surface area is 172 Å². The van der Waals surface area contributed by atoms with Gasteiger partial charge in [0.25, 0.3) is 14.3 Å². The van der Waals surface area contributed by atoms with Gasteiger partial charge < -0.3 is 8.85 Å². The van der Waals surface area contributed by atoms with Crippen LogP contribution in [0.5, 0.6) is 0 Å². The third-order valence-electron chi connectivity index (χ3n) is 5.84. The van der Waals surface area contributed by atoms with Gasteiger partial charge in [0.15, 0.2) is 0 Å². The van der Waals surface area contributed by atoms with E-state index in [1.54, 1.807) is 0 Å². The number of hydrogen-bond acceptors (Lipinski definition) is 3. The quantitative estimate of drug-likeness (QED) is 0.445. The highest BCUT2D eigenvalue weighted by atomic mass is 28.4.